The summed E-state index contributed by atoms with van der Waals surface area (Å²) in [7, 11) is 0. The minimum atomic E-state index is -0.587. The van der Waals surface area contributed by atoms with E-state index in [1.165, 1.54) is 0 Å². The van der Waals surface area contributed by atoms with Gasteiger partial charge in [0.05, 0.1) is 25.2 Å². The van der Waals surface area contributed by atoms with Gasteiger partial charge in [0, 0.05) is 17.1 Å². The topological polar surface area (TPSA) is 106 Å². The molecule has 2 aliphatic rings. The largest absolute Gasteiger partial charge is 0.454 e. The van der Waals surface area contributed by atoms with E-state index in [9.17, 15) is 14.7 Å². The third-order valence-electron chi connectivity index (χ3n) is 5.56. The highest BCUT2D eigenvalue weighted by molar-refractivity contribution is 6.30. The Morgan fingerprint density at radius 1 is 1.06 bits per heavy atom. The van der Waals surface area contributed by atoms with Crippen molar-refractivity contribution in [3.8, 4) is 11.5 Å². The Morgan fingerprint density at radius 2 is 1.84 bits per heavy atom. The van der Waals surface area contributed by atoms with Crippen LogP contribution < -0.4 is 20.1 Å². The lowest BCUT2D eigenvalue weighted by Crippen LogP contribution is -2.51. The second kappa shape index (κ2) is 10.2. The summed E-state index contributed by atoms with van der Waals surface area (Å²) in [5.74, 6) is 0.716. The van der Waals surface area contributed by atoms with Gasteiger partial charge in [0.2, 0.25) is 12.7 Å². The van der Waals surface area contributed by atoms with Crippen molar-refractivity contribution in [3.63, 3.8) is 0 Å². The standard InChI is InChI=1S/C23H25ClN2O6/c24-16-4-1-14(2-5-16)11-25-22(28)10-17-6-7-18(21(12-27)32-17)26-23(29)15-3-8-19-20(9-15)31-13-30-19/h1-5,8-9,17-18,21,27H,6-7,10-13H2,(H,25,28)(H,26,29)/t17-,18-,21-/m1/s1. The van der Waals surface area contributed by atoms with Crippen LogP contribution >= 0.6 is 11.6 Å². The van der Waals surface area contributed by atoms with Crippen molar-refractivity contribution < 1.29 is 28.9 Å². The second-order valence-electron chi connectivity index (χ2n) is 7.81. The molecule has 3 atom stereocenters. The number of carbonyl (C=O) groups excluding carboxylic acids is 2. The molecule has 2 heterocycles. The molecule has 3 N–H and O–H groups in total. The highest BCUT2D eigenvalue weighted by Crippen LogP contribution is 2.32. The summed E-state index contributed by atoms with van der Waals surface area (Å²) in [6.45, 7) is 0.285. The molecule has 0 aromatic heterocycles. The first-order valence-electron chi connectivity index (χ1n) is 10.5. The summed E-state index contributed by atoms with van der Waals surface area (Å²) in [5.41, 5.74) is 1.39. The summed E-state index contributed by atoms with van der Waals surface area (Å²) >= 11 is 5.87. The van der Waals surface area contributed by atoms with Crippen LogP contribution in [0.25, 0.3) is 0 Å². The number of amides is 2. The van der Waals surface area contributed by atoms with Gasteiger partial charge in [0.15, 0.2) is 11.5 Å². The molecular formula is C23H25ClN2O6. The molecule has 32 heavy (non-hydrogen) atoms. The number of aliphatic hydroxyl groups excluding tert-OH is 1. The lowest BCUT2D eigenvalue weighted by molar-refractivity contribution is -0.131. The molecule has 170 valence electrons. The van der Waals surface area contributed by atoms with Gasteiger partial charge in [-0.05, 0) is 48.7 Å². The number of ether oxygens (including phenoxy) is 3. The highest BCUT2D eigenvalue weighted by atomic mass is 35.5. The Bertz CT molecular complexity index is 967. The first kappa shape index (κ1) is 22.4. The number of nitrogens with one attached hydrogen (secondary N) is 2. The molecule has 2 aromatic rings. The van der Waals surface area contributed by atoms with E-state index in [1.54, 1.807) is 30.3 Å². The zero-order chi connectivity index (χ0) is 22.5. The van der Waals surface area contributed by atoms with Crippen molar-refractivity contribution >= 4 is 23.4 Å². The predicted octanol–water partition coefficient (Wildman–Crippen LogP) is 2.41. The van der Waals surface area contributed by atoms with Crippen molar-refractivity contribution in [2.75, 3.05) is 13.4 Å². The van der Waals surface area contributed by atoms with E-state index in [0.717, 1.165) is 5.56 Å². The fraction of sp³-hybridized carbons (Fsp3) is 0.391. The summed E-state index contributed by atoms with van der Waals surface area (Å²) in [4.78, 5) is 25.0. The summed E-state index contributed by atoms with van der Waals surface area (Å²) in [6, 6.07) is 11.9. The number of hydrogen-bond acceptors (Lipinski definition) is 6. The van der Waals surface area contributed by atoms with E-state index >= 15 is 0 Å². The maximum Gasteiger partial charge on any atom is 0.251 e. The maximum atomic E-state index is 12.7. The van der Waals surface area contributed by atoms with E-state index in [0.29, 0.717) is 41.5 Å². The Balaban J connectivity index is 1.26. The average Bonchev–Trinajstić information content (AvgIpc) is 3.27. The number of carbonyl (C=O) groups is 2. The smallest absolute Gasteiger partial charge is 0.251 e. The molecule has 1 fully saturated rings. The van der Waals surface area contributed by atoms with Gasteiger partial charge in [0.25, 0.3) is 5.91 Å². The Morgan fingerprint density at radius 3 is 2.62 bits per heavy atom. The molecule has 4 rings (SSSR count). The van der Waals surface area contributed by atoms with Gasteiger partial charge in [-0.2, -0.15) is 0 Å². The lowest BCUT2D eigenvalue weighted by atomic mass is 9.96. The van der Waals surface area contributed by atoms with Crippen LogP contribution in [-0.4, -0.2) is 48.6 Å². The Hall–Kier alpha value is -2.81. The van der Waals surface area contributed by atoms with Gasteiger partial charge in [-0.1, -0.05) is 23.7 Å². The lowest BCUT2D eigenvalue weighted by Gasteiger charge is -2.36. The van der Waals surface area contributed by atoms with Gasteiger partial charge < -0.3 is 30.0 Å². The van der Waals surface area contributed by atoms with Crippen LogP contribution in [0, 0.1) is 0 Å². The highest BCUT2D eigenvalue weighted by Gasteiger charge is 2.33. The van der Waals surface area contributed by atoms with Gasteiger partial charge in [-0.3, -0.25) is 9.59 Å². The number of rotatable bonds is 7. The van der Waals surface area contributed by atoms with Crippen LogP contribution in [0.15, 0.2) is 42.5 Å². The van der Waals surface area contributed by atoms with E-state index in [2.05, 4.69) is 10.6 Å². The third-order valence-corrected chi connectivity index (χ3v) is 5.81. The van der Waals surface area contributed by atoms with Crippen molar-refractivity contribution in [3.05, 3.63) is 58.6 Å². The molecule has 8 nitrogen and oxygen atoms in total. The molecule has 2 aliphatic heterocycles. The first-order chi connectivity index (χ1) is 15.5. The molecule has 0 spiro atoms. The van der Waals surface area contributed by atoms with E-state index in [1.807, 2.05) is 12.1 Å². The third kappa shape index (κ3) is 5.51. The Labute approximate surface area is 190 Å². The summed E-state index contributed by atoms with van der Waals surface area (Å²) in [6.07, 6.45) is 0.465. The van der Waals surface area contributed by atoms with Gasteiger partial charge >= 0.3 is 0 Å². The van der Waals surface area contributed by atoms with Gasteiger partial charge in [-0.25, -0.2) is 0 Å². The summed E-state index contributed by atoms with van der Waals surface area (Å²) in [5, 5.41) is 16.2. The number of benzene rings is 2. The van der Waals surface area contributed by atoms with E-state index < -0.39 is 6.10 Å². The Kier molecular flexibility index (Phi) is 7.14. The monoisotopic (exact) mass is 460 g/mol. The number of aliphatic hydroxyl groups is 1. The minimum absolute atomic E-state index is 0.135. The van der Waals surface area contributed by atoms with Crippen LogP contribution in [-0.2, 0) is 16.1 Å². The maximum absolute atomic E-state index is 12.7. The molecule has 2 aromatic carbocycles. The normalized spacial score (nSPS) is 21.8. The van der Waals surface area contributed by atoms with Crippen molar-refractivity contribution in [2.24, 2.45) is 0 Å². The SMILES string of the molecule is O=C(C[C@H]1CC[C@@H](NC(=O)c2ccc3c(c2)OCO3)[C@@H](CO)O1)NCc1ccc(Cl)cc1. The molecule has 9 heteroatoms. The number of halogens is 1. The van der Waals surface area contributed by atoms with E-state index in [4.69, 9.17) is 25.8 Å². The fourth-order valence-corrected chi connectivity index (χ4v) is 3.94. The molecular weight excluding hydrogens is 436 g/mol. The minimum Gasteiger partial charge on any atom is -0.454 e. The molecule has 0 saturated carbocycles. The molecule has 0 bridgehead atoms. The van der Waals surface area contributed by atoms with Crippen molar-refractivity contribution in [2.45, 2.75) is 44.1 Å². The molecule has 0 unspecified atom stereocenters. The molecule has 2 amide bonds. The van der Waals surface area contributed by atoms with Crippen LogP contribution in [0.4, 0.5) is 0 Å². The fourth-order valence-electron chi connectivity index (χ4n) is 3.82. The average molecular weight is 461 g/mol. The van der Waals surface area contributed by atoms with Crippen LogP contribution in [0.5, 0.6) is 11.5 Å². The number of hydrogen-bond donors (Lipinski definition) is 3. The zero-order valence-corrected chi connectivity index (χ0v) is 18.1. The quantitative estimate of drug-likeness (QED) is 0.586. The zero-order valence-electron chi connectivity index (χ0n) is 17.4. The molecule has 0 radical (unpaired) electrons. The summed E-state index contributed by atoms with van der Waals surface area (Å²) < 4.78 is 16.5. The van der Waals surface area contributed by atoms with Crippen LogP contribution in [0.1, 0.15) is 35.2 Å². The van der Waals surface area contributed by atoms with Crippen LogP contribution in [0.2, 0.25) is 5.02 Å². The van der Waals surface area contributed by atoms with Gasteiger partial charge in [-0.15, -0.1) is 0 Å². The second-order valence-corrected chi connectivity index (χ2v) is 8.25. The van der Waals surface area contributed by atoms with Crippen LogP contribution in [0.3, 0.4) is 0 Å². The molecule has 0 aliphatic carbocycles. The predicted molar refractivity (Wildman–Crippen MR) is 117 cm³/mol. The van der Waals surface area contributed by atoms with Crippen molar-refractivity contribution in [1.29, 1.82) is 0 Å². The number of fused-ring (bicyclic) bond motifs is 1. The molecule has 1 saturated heterocycles. The first-order valence-corrected chi connectivity index (χ1v) is 10.9. The van der Waals surface area contributed by atoms with Crippen molar-refractivity contribution in [1.82, 2.24) is 10.6 Å². The van der Waals surface area contributed by atoms with Gasteiger partial charge in [0.1, 0.15) is 6.10 Å². The van der Waals surface area contributed by atoms with E-state index in [-0.39, 0.29) is 43.8 Å².